The van der Waals surface area contributed by atoms with Crippen LogP contribution in [0.2, 0.25) is 0 Å². The Balaban J connectivity index is 1.59. The molecule has 0 saturated heterocycles. The number of aliphatic hydroxyl groups is 1. The topological polar surface area (TPSA) is 81.9 Å². The van der Waals surface area contributed by atoms with Gasteiger partial charge in [-0.3, -0.25) is 9.36 Å². The molecular weight excluding hydrogens is 294 g/mol. The fraction of sp³-hybridized carbons (Fsp3) is 0.438. The molecule has 0 amide bonds. The molecule has 1 N–H and O–H groups in total. The van der Waals surface area contributed by atoms with Crippen LogP contribution in [0, 0.1) is 6.92 Å². The molecule has 7 heteroatoms. The van der Waals surface area contributed by atoms with E-state index in [1.54, 1.807) is 6.20 Å². The lowest BCUT2D eigenvalue weighted by Gasteiger charge is -2.18. The SMILES string of the molecule is Cc1c(-c2cc(Cn3ncc4c3CC(O)CC4)on2)cnn1C. The van der Waals surface area contributed by atoms with Crippen molar-refractivity contribution in [1.82, 2.24) is 24.7 Å². The number of hydrogen-bond acceptors (Lipinski definition) is 5. The molecule has 0 fully saturated rings. The Kier molecular flexibility index (Phi) is 3.30. The third-order valence-corrected chi connectivity index (χ3v) is 4.59. The quantitative estimate of drug-likeness (QED) is 0.792. The van der Waals surface area contributed by atoms with E-state index in [9.17, 15) is 5.11 Å². The molecule has 3 heterocycles. The molecule has 23 heavy (non-hydrogen) atoms. The summed E-state index contributed by atoms with van der Waals surface area (Å²) in [5.74, 6) is 0.745. The van der Waals surface area contributed by atoms with E-state index < -0.39 is 0 Å². The normalized spacial score (nSPS) is 17.4. The molecule has 0 spiro atoms. The Morgan fingerprint density at radius 3 is 3.00 bits per heavy atom. The second-order valence-corrected chi connectivity index (χ2v) is 6.12. The van der Waals surface area contributed by atoms with E-state index in [0.717, 1.165) is 41.2 Å². The number of aromatic nitrogens is 5. The van der Waals surface area contributed by atoms with Gasteiger partial charge in [0, 0.05) is 36.5 Å². The first-order valence-electron chi connectivity index (χ1n) is 7.78. The van der Waals surface area contributed by atoms with Gasteiger partial charge in [0.25, 0.3) is 0 Å². The minimum absolute atomic E-state index is 0.277. The van der Waals surface area contributed by atoms with Gasteiger partial charge < -0.3 is 9.63 Å². The highest BCUT2D eigenvalue weighted by Crippen LogP contribution is 2.25. The molecule has 7 nitrogen and oxygen atoms in total. The highest BCUT2D eigenvalue weighted by atomic mass is 16.5. The number of fused-ring (bicyclic) bond motifs is 1. The lowest BCUT2D eigenvalue weighted by atomic mass is 9.96. The maximum absolute atomic E-state index is 9.86. The van der Waals surface area contributed by atoms with Crippen LogP contribution in [0.3, 0.4) is 0 Å². The Labute approximate surface area is 133 Å². The summed E-state index contributed by atoms with van der Waals surface area (Å²) in [7, 11) is 1.90. The van der Waals surface area contributed by atoms with Crippen molar-refractivity contribution in [2.75, 3.05) is 0 Å². The third-order valence-electron chi connectivity index (χ3n) is 4.59. The maximum Gasteiger partial charge on any atom is 0.158 e. The molecule has 0 aromatic carbocycles. The average Bonchev–Trinajstić information content (AvgIpc) is 3.22. The van der Waals surface area contributed by atoms with Crippen LogP contribution >= 0.6 is 0 Å². The van der Waals surface area contributed by atoms with Gasteiger partial charge in [-0.05, 0) is 25.3 Å². The molecule has 1 aliphatic rings. The average molecular weight is 313 g/mol. The molecule has 1 atom stereocenters. The first-order valence-corrected chi connectivity index (χ1v) is 7.78. The van der Waals surface area contributed by atoms with E-state index in [2.05, 4.69) is 15.4 Å². The summed E-state index contributed by atoms with van der Waals surface area (Å²) in [6.07, 6.45) is 5.75. The molecule has 1 unspecified atom stereocenters. The van der Waals surface area contributed by atoms with Gasteiger partial charge in [-0.1, -0.05) is 5.16 Å². The molecule has 0 bridgehead atoms. The van der Waals surface area contributed by atoms with Gasteiger partial charge in [0.15, 0.2) is 5.76 Å². The van der Waals surface area contributed by atoms with Gasteiger partial charge in [-0.25, -0.2) is 0 Å². The summed E-state index contributed by atoms with van der Waals surface area (Å²) < 4.78 is 9.18. The van der Waals surface area contributed by atoms with Crippen molar-refractivity contribution >= 4 is 0 Å². The van der Waals surface area contributed by atoms with Crippen molar-refractivity contribution in [3.63, 3.8) is 0 Å². The van der Waals surface area contributed by atoms with E-state index in [1.807, 2.05) is 35.6 Å². The van der Waals surface area contributed by atoms with Crippen molar-refractivity contribution in [2.45, 2.75) is 38.8 Å². The van der Waals surface area contributed by atoms with Crippen LogP contribution < -0.4 is 0 Å². The zero-order valence-corrected chi connectivity index (χ0v) is 13.2. The molecular formula is C16H19N5O2. The lowest BCUT2D eigenvalue weighted by Crippen LogP contribution is -2.21. The van der Waals surface area contributed by atoms with Gasteiger partial charge in [0.1, 0.15) is 12.2 Å². The summed E-state index contributed by atoms with van der Waals surface area (Å²) >= 11 is 0. The van der Waals surface area contributed by atoms with Gasteiger partial charge in [0.05, 0.1) is 18.5 Å². The van der Waals surface area contributed by atoms with Crippen LogP contribution in [-0.2, 0) is 26.4 Å². The van der Waals surface area contributed by atoms with Crippen LogP contribution in [0.15, 0.2) is 23.0 Å². The predicted molar refractivity (Wildman–Crippen MR) is 82.8 cm³/mol. The van der Waals surface area contributed by atoms with Crippen molar-refractivity contribution in [3.8, 4) is 11.3 Å². The number of hydrogen-bond donors (Lipinski definition) is 1. The van der Waals surface area contributed by atoms with Gasteiger partial charge in [0.2, 0.25) is 0 Å². The van der Waals surface area contributed by atoms with Crippen LogP contribution in [0.5, 0.6) is 0 Å². The molecule has 0 radical (unpaired) electrons. The summed E-state index contributed by atoms with van der Waals surface area (Å²) in [5.41, 5.74) is 5.12. The predicted octanol–water partition coefficient (Wildman–Crippen LogP) is 1.48. The zero-order chi connectivity index (χ0) is 16.0. The highest BCUT2D eigenvalue weighted by molar-refractivity contribution is 5.60. The Morgan fingerprint density at radius 2 is 2.22 bits per heavy atom. The van der Waals surface area contributed by atoms with E-state index >= 15 is 0 Å². The van der Waals surface area contributed by atoms with Crippen LogP contribution in [0.1, 0.15) is 29.1 Å². The van der Waals surface area contributed by atoms with Crippen molar-refractivity contribution in [1.29, 1.82) is 0 Å². The van der Waals surface area contributed by atoms with E-state index in [1.165, 1.54) is 5.56 Å². The Hall–Kier alpha value is -2.41. The number of aliphatic hydroxyl groups excluding tert-OH is 1. The zero-order valence-electron chi connectivity index (χ0n) is 13.2. The number of nitrogens with zero attached hydrogens (tertiary/aromatic N) is 5. The molecule has 1 aliphatic carbocycles. The first-order chi connectivity index (χ1) is 11.1. The molecule has 3 aromatic rings. The van der Waals surface area contributed by atoms with Crippen LogP contribution in [0.25, 0.3) is 11.3 Å². The third kappa shape index (κ3) is 2.46. The largest absolute Gasteiger partial charge is 0.393 e. The van der Waals surface area contributed by atoms with E-state index in [-0.39, 0.29) is 6.10 Å². The van der Waals surface area contributed by atoms with Crippen LogP contribution in [-0.4, -0.2) is 35.9 Å². The van der Waals surface area contributed by atoms with Crippen LogP contribution in [0.4, 0.5) is 0 Å². The summed E-state index contributed by atoms with van der Waals surface area (Å²) in [4.78, 5) is 0. The molecule has 4 rings (SSSR count). The molecule has 120 valence electrons. The second-order valence-electron chi connectivity index (χ2n) is 6.12. The van der Waals surface area contributed by atoms with Gasteiger partial charge in [-0.15, -0.1) is 0 Å². The Morgan fingerprint density at radius 1 is 1.35 bits per heavy atom. The van der Waals surface area contributed by atoms with Gasteiger partial charge >= 0.3 is 0 Å². The van der Waals surface area contributed by atoms with E-state index in [0.29, 0.717) is 13.0 Å². The van der Waals surface area contributed by atoms with Gasteiger partial charge in [-0.2, -0.15) is 10.2 Å². The fourth-order valence-electron chi connectivity index (χ4n) is 3.09. The maximum atomic E-state index is 9.86. The number of aryl methyl sites for hydroxylation is 2. The number of rotatable bonds is 3. The lowest BCUT2D eigenvalue weighted by molar-refractivity contribution is 0.155. The summed E-state index contributed by atoms with van der Waals surface area (Å²) in [6, 6.07) is 1.93. The summed E-state index contributed by atoms with van der Waals surface area (Å²) in [5, 5.41) is 22.7. The first kappa shape index (κ1) is 14.2. The van der Waals surface area contributed by atoms with Crippen molar-refractivity contribution in [3.05, 3.63) is 41.2 Å². The minimum Gasteiger partial charge on any atom is -0.393 e. The van der Waals surface area contributed by atoms with Crippen molar-refractivity contribution < 1.29 is 9.63 Å². The van der Waals surface area contributed by atoms with E-state index in [4.69, 9.17) is 4.52 Å². The van der Waals surface area contributed by atoms with Crippen molar-refractivity contribution in [2.24, 2.45) is 7.05 Å². The highest BCUT2D eigenvalue weighted by Gasteiger charge is 2.22. The monoisotopic (exact) mass is 313 g/mol. The molecule has 3 aromatic heterocycles. The summed E-state index contributed by atoms with van der Waals surface area (Å²) in [6.45, 7) is 2.52. The molecule has 0 saturated carbocycles. The molecule has 0 aliphatic heterocycles. The fourth-order valence-corrected chi connectivity index (χ4v) is 3.09. The Bertz CT molecular complexity index is 845. The smallest absolute Gasteiger partial charge is 0.158 e. The second kappa shape index (κ2) is 5.34. The minimum atomic E-state index is -0.277. The standard InChI is InChI=1S/C16H19N5O2/c1-10-14(8-17-20(10)2)15-6-13(23-19-15)9-21-16-5-12(22)4-3-11(16)7-18-21/h6-8,12,22H,3-5,9H2,1-2H3.